The maximum atomic E-state index is 13.9. The fourth-order valence-electron chi connectivity index (χ4n) is 4.61. The van der Waals surface area contributed by atoms with Gasteiger partial charge in [-0.3, -0.25) is 4.79 Å². The van der Waals surface area contributed by atoms with Crippen LogP contribution in [0, 0.1) is 12.7 Å². The summed E-state index contributed by atoms with van der Waals surface area (Å²) in [6.07, 6.45) is 2.08. The van der Waals surface area contributed by atoms with Crippen molar-refractivity contribution in [2.24, 2.45) is 0 Å². The minimum atomic E-state index is -0.375. The Morgan fingerprint density at radius 2 is 2.06 bits per heavy atom. The summed E-state index contributed by atoms with van der Waals surface area (Å²) in [6.45, 7) is 6.31. The van der Waals surface area contributed by atoms with Gasteiger partial charge in [0.2, 0.25) is 0 Å². The predicted molar refractivity (Wildman–Crippen MR) is 134 cm³/mol. The van der Waals surface area contributed by atoms with E-state index in [0.717, 1.165) is 17.0 Å². The van der Waals surface area contributed by atoms with E-state index in [1.807, 2.05) is 32.9 Å². The van der Waals surface area contributed by atoms with Crippen LogP contribution in [0.1, 0.15) is 59.4 Å². The number of carbonyl (C=O) groups excluding carboxylic acids is 1. The van der Waals surface area contributed by atoms with Gasteiger partial charge in [0.15, 0.2) is 5.65 Å². The minimum absolute atomic E-state index is 0.0230. The van der Waals surface area contributed by atoms with Crippen LogP contribution >= 0.6 is 23.2 Å². The van der Waals surface area contributed by atoms with Gasteiger partial charge in [-0.15, -0.1) is 0 Å². The van der Waals surface area contributed by atoms with Crippen LogP contribution in [0.5, 0.6) is 5.75 Å². The van der Waals surface area contributed by atoms with Crippen LogP contribution in [-0.4, -0.2) is 27.1 Å². The summed E-state index contributed by atoms with van der Waals surface area (Å²) in [7, 11) is 0. The molecule has 6 nitrogen and oxygen atoms in total. The maximum Gasteiger partial charge on any atom is 0.253 e. The van der Waals surface area contributed by atoms with Gasteiger partial charge in [-0.05, 0) is 37.1 Å². The second-order valence-corrected chi connectivity index (χ2v) is 9.64. The number of ether oxygens (including phenoxy) is 1. The lowest BCUT2D eigenvalue weighted by atomic mass is 9.97. The van der Waals surface area contributed by atoms with Crippen molar-refractivity contribution in [2.45, 2.75) is 39.2 Å². The average molecular weight is 513 g/mol. The second-order valence-electron chi connectivity index (χ2n) is 8.85. The fraction of sp³-hybridized carbons (Fsp3) is 0.269. The third kappa shape index (κ3) is 4.13. The van der Waals surface area contributed by atoms with Gasteiger partial charge in [0.05, 0.1) is 45.8 Å². The fourth-order valence-corrected chi connectivity index (χ4v) is 5.00. The number of nitrogens with one attached hydrogen (secondary N) is 1. The van der Waals surface area contributed by atoms with Gasteiger partial charge in [-0.2, -0.15) is 5.10 Å². The molecule has 0 aliphatic carbocycles. The summed E-state index contributed by atoms with van der Waals surface area (Å²) in [5.41, 5.74) is 4.53. The summed E-state index contributed by atoms with van der Waals surface area (Å²) >= 11 is 12.8. The van der Waals surface area contributed by atoms with Crippen LogP contribution < -0.4 is 10.1 Å². The van der Waals surface area contributed by atoms with Gasteiger partial charge in [0, 0.05) is 23.1 Å². The highest BCUT2D eigenvalue weighted by atomic mass is 35.5. The third-order valence-electron chi connectivity index (χ3n) is 6.21. The number of amides is 1. The minimum Gasteiger partial charge on any atom is -0.493 e. The number of nitrogens with zero attached hydrogens (tertiary/aromatic N) is 3. The van der Waals surface area contributed by atoms with Crippen LogP contribution in [0.25, 0.3) is 16.9 Å². The highest BCUT2D eigenvalue weighted by molar-refractivity contribution is 6.43. The Labute approximate surface area is 212 Å². The average Bonchev–Trinajstić information content (AvgIpc) is 3.16. The number of aryl methyl sites for hydroxylation is 1. The zero-order valence-corrected chi connectivity index (χ0v) is 20.9. The van der Waals surface area contributed by atoms with E-state index in [0.29, 0.717) is 51.2 Å². The molecule has 2 aromatic carbocycles. The summed E-state index contributed by atoms with van der Waals surface area (Å²) in [6, 6.07) is 9.38. The number of imidazole rings is 1. The van der Waals surface area contributed by atoms with E-state index in [-0.39, 0.29) is 23.7 Å². The Bertz CT molecular complexity index is 1470. The maximum absolute atomic E-state index is 13.9. The van der Waals surface area contributed by atoms with Crippen molar-refractivity contribution in [1.82, 2.24) is 19.9 Å². The molecule has 1 N–H and O–H groups in total. The zero-order valence-electron chi connectivity index (χ0n) is 19.4. The van der Waals surface area contributed by atoms with E-state index in [1.54, 1.807) is 22.8 Å². The molecule has 1 aliphatic heterocycles. The van der Waals surface area contributed by atoms with Gasteiger partial charge in [-0.25, -0.2) is 13.9 Å². The summed E-state index contributed by atoms with van der Waals surface area (Å²) < 4.78 is 21.2. The summed E-state index contributed by atoms with van der Waals surface area (Å²) in [4.78, 5) is 18.2. The van der Waals surface area contributed by atoms with Gasteiger partial charge >= 0.3 is 0 Å². The second kappa shape index (κ2) is 9.13. The Kier molecular flexibility index (Phi) is 6.15. The summed E-state index contributed by atoms with van der Waals surface area (Å²) in [5, 5.41) is 8.47. The van der Waals surface area contributed by atoms with Gasteiger partial charge in [0.1, 0.15) is 11.6 Å². The van der Waals surface area contributed by atoms with E-state index >= 15 is 0 Å². The molecule has 9 heteroatoms. The molecule has 2 aromatic heterocycles. The topological polar surface area (TPSA) is 68.5 Å². The quantitative estimate of drug-likeness (QED) is 0.337. The van der Waals surface area contributed by atoms with Crippen LogP contribution in [0.4, 0.5) is 4.39 Å². The summed E-state index contributed by atoms with van der Waals surface area (Å²) in [5.74, 6) is -0.119. The molecule has 0 saturated heterocycles. The SMILES string of the molecule is Cc1nc2c(C(C)C)c(C(=O)N[C@H]3CCOc4ccc(F)cc43)cnn2c1-c1cccc(Cl)c1Cl. The highest BCUT2D eigenvalue weighted by Crippen LogP contribution is 2.37. The van der Waals surface area contributed by atoms with Crippen molar-refractivity contribution in [3.8, 4) is 17.0 Å². The van der Waals surface area contributed by atoms with Crippen LogP contribution in [0.15, 0.2) is 42.6 Å². The number of fused-ring (bicyclic) bond motifs is 2. The normalized spacial score (nSPS) is 15.2. The molecule has 4 aromatic rings. The van der Waals surface area contributed by atoms with E-state index in [1.165, 1.54) is 12.1 Å². The smallest absolute Gasteiger partial charge is 0.253 e. The van der Waals surface area contributed by atoms with Crippen molar-refractivity contribution in [2.75, 3.05) is 6.61 Å². The molecule has 0 bridgehead atoms. The van der Waals surface area contributed by atoms with E-state index < -0.39 is 0 Å². The van der Waals surface area contributed by atoms with Gasteiger partial charge in [0.25, 0.3) is 5.91 Å². The lowest BCUT2D eigenvalue weighted by Gasteiger charge is -2.27. The van der Waals surface area contributed by atoms with E-state index in [9.17, 15) is 9.18 Å². The molecule has 1 aliphatic rings. The number of hydrogen-bond donors (Lipinski definition) is 1. The van der Waals surface area contributed by atoms with Gasteiger partial charge in [-0.1, -0.05) is 49.2 Å². The van der Waals surface area contributed by atoms with Crippen molar-refractivity contribution >= 4 is 34.8 Å². The molecule has 1 atom stereocenters. The Morgan fingerprint density at radius 1 is 1.26 bits per heavy atom. The number of carbonyl (C=O) groups is 1. The van der Waals surface area contributed by atoms with Crippen molar-refractivity contribution in [1.29, 1.82) is 0 Å². The van der Waals surface area contributed by atoms with Crippen molar-refractivity contribution < 1.29 is 13.9 Å². The van der Waals surface area contributed by atoms with E-state index in [2.05, 4.69) is 10.4 Å². The number of benzene rings is 2. The first-order chi connectivity index (χ1) is 16.8. The lowest BCUT2D eigenvalue weighted by molar-refractivity contribution is 0.0922. The molecule has 0 spiro atoms. The molecule has 3 heterocycles. The Hall–Kier alpha value is -3.16. The van der Waals surface area contributed by atoms with Crippen LogP contribution in [0.3, 0.4) is 0 Å². The van der Waals surface area contributed by atoms with Crippen molar-refractivity contribution in [3.05, 3.63) is 80.8 Å². The highest BCUT2D eigenvalue weighted by Gasteiger charge is 2.28. The molecule has 5 rings (SSSR count). The number of halogens is 3. The molecule has 0 saturated carbocycles. The molecule has 35 heavy (non-hydrogen) atoms. The van der Waals surface area contributed by atoms with Crippen LogP contribution in [-0.2, 0) is 0 Å². The first-order valence-electron chi connectivity index (χ1n) is 11.3. The molecule has 180 valence electrons. The van der Waals surface area contributed by atoms with Crippen LogP contribution in [0.2, 0.25) is 10.0 Å². The number of hydrogen-bond acceptors (Lipinski definition) is 4. The largest absolute Gasteiger partial charge is 0.493 e. The third-order valence-corrected chi connectivity index (χ3v) is 7.03. The van der Waals surface area contributed by atoms with Crippen molar-refractivity contribution in [3.63, 3.8) is 0 Å². The molecular weight excluding hydrogens is 490 g/mol. The van der Waals surface area contributed by atoms with E-state index in [4.69, 9.17) is 32.9 Å². The molecule has 0 unspecified atom stereocenters. The zero-order chi connectivity index (χ0) is 24.9. The molecule has 0 fully saturated rings. The monoisotopic (exact) mass is 512 g/mol. The molecular formula is C26H23Cl2FN4O2. The molecule has 1 amide bonds. The van der Waals surface area contributed by atoms with Gasteiger partial charge < -0.3 is 10.1 Å². The first-order valence-corrected chi connectivity index (χ1v) is 12.1. The molecule has 0 radical (unpaired) electrons. The first kappa shape index (κ1) is 23.6. The number of aromatic nitrogens is 3. The lowest BCUT2D eigenvalue weighted by Crippen LogP contribution is -2.33. The Balaban J connectivity index is 1.58. The Morgan fingerprint density at radius 3 is 2.83 bits per heavy atom. The standard InChI is InChI=1S/C26H23Cl2FN4O2/c1-13(2)22-18(26(34)32-20-9-10-35-21-8-7-15(29)11-17(20)21)12-30-33-24(14(3)31-25(22)33)16-5-4-6-19(27)23(16)28/h4-8,11-13,20H,9-10H2,1-3H3,(H,32,34)/t20-/m0/s1. The number of rotatable bonds is 4. The predicted octanol–water partition coefficient (Wildman–Crippen LogP) is 6.53.